The normalized spacial score (nSPS) is 13.5. The van der Waals surface area contributed by atoms with Gasteiger partial charge in [-0.25, -0.2) is 4.79 Å². The number of ether oxygens (including phenoxy) is 3. The van der Waals surface area contributed by atoms with Crippen LogP contribution in [-0.4, -0.2) is 80.6 Å². The molecule has 368 valence electrons. The number of hydrogen-bond acceptors (Lipinski definition) is 6. The predicted octanol–water partition coefficient (Wildman–Crippen LogP) is 15.1. The number of carbonyl (C=O) groups excluding carboxylic acids is 2. The summed E-state index contributed by atoms with van der Waals surface area (Å²) < 4.78 is 17.4. The molecule has 0 rings (SSSR count). The Hall–Kier alpha value is -3.23. The maximum Gasteiger partial charge on any atom is 0.362 e. The van der Waals surface area contributed by atoms with E-state index in [1.807, 2.05) is 21.1 Å². The van der Waals surface area contributed by atoms with E-state index in [0.29, 0.717) is 19.3 Å². The van der Waals surface area contributed by atoms with Gasteiger partial charge in [-0.3, -0.25) is 9.59 Å². The van der Waals surface area contributed by atoms with Gasteiger partial charge in [-0.05, 0) is 77.0 Å². The van der Waals surface area contributed by atoms with Crippen LogP contribution in [0.2, 0.25) is 0 Å². The molecule has 0 aliphatic rings. The number of hydrogen-bond donors (Lipinski definition) is 1. The summed E-state index contributed by atoms with van der Waals surface area (Å²) in [6.45, 7) is 4.52. The Bertz CT molecular complexity index is 1270. The van der Waals surface area contributed by atoms with Crippen molar-refractivity contribution < 1.29 is 38.2 Å². The molecule has 0 saturated carbocycles. The van der Waals surface area contributed by atoms with Crippen molar-refractivity contribution in [3.05, 3.63) is 72.9 Å². The number of quaternary nitrogens is 1. The number of carboxylic acids is 1. The van der Waals surface area contributed by atoms with E-state index >= 15 is 0 Å². The number of carbonyl (C=O) groups is 3. The van der Waals surface area contributed by atoms with Gasteiger partial charge in [0.05, 0.1) is 34.4 Å². The number of rotatable bonds is 46. The summed E-state index contributed by atoms with van der Waals surface area (Å²) in [5.74, 6) is -1.48. The molecule has 0 radical (unpaired) electrons. The average molecular weight is 897 g/mol. The third kappa shape index (κ3) is 44.0. The van der Waals surface area contributed by atoms with Crippen molar-refractivity contribution in [2.45, 2.75) is 225 Å². The van der Waals surface area contributed by atoms with Crippen molar-refractivity contribution in [1.29, 1.82) is 0 Å². The molecule has 2 unspecified atom stereocenters. The lowest BCUT2D eigenvalue weighted by atomic mass is 10.0. The summed E-state index contributed by atoms with van der Waals surface area (Å²) in [7, 11) is 5.53. The minimum Gasteiger partial charge on any atom is -0.477 e. The van der Waals surface area contributed by atoms with E-state index < -0.39 is 18.1 Å². The van der Waals surface area contributed by atoms with Crippen LogP contribution in [0.5, 0.6) is 0 Å². The Balaban J connectivity index is 4.25. The number of carboxylic acid groups (broad SMARTS) is 1. The molecule has 0 spiro atoms. The molecule has 0 aliphatic heterocycles. The zero-order valence-corrected chi connectivity index (χ0v) is 42.0. The summed E-state index contributed by atoms with van der Waals surface area (Å²) in [5, 5.41) is 9.66. The van der Waals surface area contributed by atoms with E-state index in [0.717, 1.165) is 89.9 Å². The van der Waals surface area contributed by atoms with Crippen LogP contribution < -0.4 is 0 Å². The summed E-state index contributed by atoms with van der Waals surface area (Å²) >= 11 is 0. The molecule has 8 heteroatoms. The second-order valence-corrected chi connectivity index (χ2v) is 18.4. The lowest BCUT2D eigenvalue weighted by molar-refractivity contribution is -0.887. The molecule has 8 nitrogen and oxygen atoms in total. The van der Waals surface area contributed by atoms with Crippen LogP contribution in [0, 0.1) is 0 Å². The SMILES string of the molecule is CC/C=C/C/C=C/C/C=C/C/C=C/CCCCCCCCC(=O)OC(COCCC(C(=O)O)[N+](C)(C)C)COC(=O)CCCCCCCCCCCCCCCC/C=C/C/C=C/CC. The molecule has 1 N–H and O–H groups in total. The summed E-state index contributed by atoms with van der Waals surface area (Å²) in [6.07, 6.45) is 59.5. The van der Waals surface area contributed by atoms with Gasteiger partial charge in [0.1, 0.15) is 6.61 Å². The van der Waals surface area contributed by atoms with Crippen LogP contribution in [0.3, 0.4) is 0 Å². The molecular formula is C56H98NO7+. The standard InChI is InChI=1S/C56H97NO7/c1-6-8-10-12-14-16-18-20-22-24-26-27-29-30-32-34-36-38-40-42-44-46-54(58)63-51-52(50-62-49-48-53(56(60)61)57(3,4)5)64-55(59)47-45-43-41-39-37-35-33-31-28-25-23-21-19-17-15-13-11-9-7-2/h8-11,14-17,21,23,28,31,52-53H,6-7,12-13,18-20,22,24-27,29-30,32-51H2,1-5H3/p+1/b10-8+,11-9+,16-14+,17-15+,23-21+,31-28+. The zero-order chi connectivity index (χ0) is 47.0. The van der Waals surface area contributed by atoms with Crippen molar-refractivity contribution in [2.75, 3.05) is 41.0 Å². The first-order chi connectivity index (χ1) is 31.1. The van der Waals surface area contributed by atoms with Crippen molar-refractivity contribution in [2.24, 2.45) is 0 Å². The van der Waals surface area contributed by atoms with Crippen LogP contribution >= 0.6 is 0 Å². The molecule has 0 bridgehead atoms. The first-order valence-electron chi connectivity index (χ1n) is 26.0. The molecule has 0 fully saturated rings. The van der Waals surface area contributed by atoms with Crippen molar-refractivity contribution in [3.63, 3.8) is 0 Å². The molecule has 0 amide bonds. The Kier molecular flexibility index (Phi) is 44.0. The number of aliphatic carboxylic acids is 1. The lowest BCUT2D eigenvalue weighted by Crippen LogP contribution is -2.50. The average Bonchev–Trinajstić information content (AvgIpc) is 3.26. The van der Waals surface area contributed by atoms with E-state index in [-0.39, 0.29) is 36.2 Å². The minimum absolute atomic E-state index is 0.0532. The van der Waals surface area contributed by atoms with E-state index in [1.165, 1.54) is 89.9 Å². The molecule has 0 saturated heterocycles. The van der Waals surface area contributed by atoms with Crippen LogP contribution in [-0.2, 0) is 28.6 Å². The van der Waals surface area contributed by atoms with E-state index in [1.54, 1.807) is 0 Å². The molecule has 0 heterocycles. The highest BCUT2D eigenvalue weighted by Gasteiger charge is 2.31. The Morgan fingerprint density at radius 2 is 0.828 bits per heavy atom. The number of allylic oxidation sites excluding steroid dienone is 12. The second-order valence-electron chi connectivity index (χ2n) is 18.4. The first-order valence-corrected chi connectivity index (χ1v) is 26.0. The Morgan fingerprint density at radius 3 is 1.22 bits per heavy atom. The second kappa shape index (κ2) is 46.3. The highest BCUT2D eigenvalue weighted by molar-refractivity contribution is 5.72. The monoisotopic (exact) mass is 897 g/mol. The number of nitrogens with zero attached hydrogens (tertiary/aromatic N) is 1. The van der Waals surface area contributed by atoms with Gasteiger partial charge in [-0.1, -0.05) is 189 Å². The molecule has 0 aliphatic carbocycles. The molecule has 0 aromatic carbocycles. The van der Waals surface area contributed by atoms with Gasteiger partial charge in [0.25, 0.3) is 0 Å². The zero-order valence-electron chi connectivity index (χ0n) is 42.0. The van der Waals surface area contributed by atoms with Crippen molar-refractivity contribution in [1.82, 2.24) is 0 Å². The third-order valence-corrected chi connectivity index (χ3v) is 11.4. The highest BCUT2D eigenvalue weighted by Crippen LogP contribution is 2.16. The van der Waals surface area contributed by atoms with E-state index in [9.17, 15) is 19.5 Å². The van der Waals surface area contributed by atoms with Gasteiger partial charge in [0.15, 0.2) is 12.1 Å². The molecule has 64 heavy (non-hydrogen) atoms. The number of esters is 2. The molecular weight excluding hydrogens is 799 g/mol. The summed E-state index contributed by atoms with van der Waals surface area (Å²) in [4.78, 5) is 37.2. The number of unbranched alkanes of at least 4 members (excludes halogenated alkanes) is 20. The van der Waals surface area contributed by atoms with Crippen LogP contribution in [0.15, 0.2) is 72.9 Å². The fourth-order valence-corrected chi connectivity index (χ4v) is 7.42. The molecule has 0 aromatic heterocycles. The predicted molar refractivity (Wildman–Crippen MR) is 270 cm³/mol. The first kappa shape index (κ1) is 60.8. The fraction of sp³-hybridized carbons (Fsp3) is 0.732. The maximum absolute atomic E-state index is 12.8. The van der Waals surface area contributed by atoms with Gasteiger partial charge in [-0.15, -0.1) is 0 Å². The summed E-state index contributed by atoms with van der Waals surface area (Å²) in [6, 6.07) is -0.621. The Morgan fingerprint density at radius 1 is 0.469 bits per heavy atom. The van der Waals surface area contributed by atoms with Gasteiger partial charge < -0.3 is 23.8 Å². The van der Waals surface area contributed by atoms with Gasteiger partial charge in [0.2, 0.25) is 0 Å². The van der Waals surface area contributed by atoms with Gasteiger partial charge in [0, 0.05) is 19.3 Å². The topological polar surface area (TPSA) is 99.1 Å². The Labute approximate surface area is 393 Å². The quantitative estimate of drug-likeness (QED) is 0.0281. The maximum atomic E-state index is 12.8. The minimum atomic E-state index is -0.878. The molecule has 0 aromatic rings. The van der Waals surface area contributed by atoms with Crippen LogP contribution in [0.1, 0.15) is 213 Å². The fourth-order valence-electron chi connectivity index (χ4n) is 7.42. The van der Waals surface area contributed by atoms with Crippen molar-refractivity contribution >= 4 is 17.9 Å². The van der Waals surface area contributed by atoms with Gasteiger partial charge in [-0.2, -0.15) is 0 Å². The third-order valence-electron chi connectivity index (χ3n) is 11.4. The lowest BCUT2D eigenvalue weighted by Gasteiger charge is -2.31. The number of likely N-dealkylation sites (N-methyl/N-ethyl adjacent to an activating group) is 1. The largest absolute Gasteiger partial charge is 0.477 e. The van der Waals surface area contributed by atoms with E-state index in [4.69, 9.17) is 14.2 Å². The molecule has 2 atom stereocenters. The smallest absolute Gasteiger partial charge is 0.362 e. The summed E-state index contributed by atoms with van der Waals surface area (Å²) in [5.41, 5.74) is 0. The van der Waals surface area contributed by atoms with Crippen LogP contribution in [0.4, 0.5) is 0 Å². The van der Waals surface area contributed by atoms with E-state index in [2.05, 4.69) is 86.8 Å². The highest BCUT2D eigenvalue weighted by atomic mass is 16.6. The van der Waals surface area contributed by atoms with Crippen LogP contribution in [0.25, 0.3) is 0 Å². The van der Waals surface area contributed by atoms with Crippen molar-refractivity contribution in [3.8, 4) is 0 Å². The van der Waals surface area contributed by atoms with Gasteiger partial charge >= 0.3 is 17.9 Å².